The van der Waals surface area contributed by atoms with Gasteiger partial charge in [0.05, 0.1) is 12.2 Å². The smallest absolute Gasteiger partial charge is 0.0682 e. The number of likely N-dealkylation sites (tertiary alicyclic amines) is 1. The molecule has 2 aliphatic rings. The number of hydrogen-bond acceptors (Lipinski definition) is 4. The van der Waals surface area contributed by atoms with Crippen LogP contribution in [-0.4, -0.2) is 73.5 Å². The zero-order chi connectivity index (χ0) is 13.1. The van der Waals surface area contributed by atoms with Gasteiger partial charge in [0, 0.05) is 32.3 Å². The lowest BCUT2D eigenvalue weighted by molar-refractivity contribution is 0.0191. The van der Waals surface area contributed by atoms with E-state index in [-0.39, 0.29) is 6.10 Å². The SMILES string of the molecule is COC1CCCC(N2CC(O)CC2CN(C)C)C1. The topological polar surface area (TPSA) is 35.9 Å². The van der Waals surface area contributed by atoms with Crippen LogP contribution in [0, 0.1) is 0 Å². The molecule has 1 aliphatic carbocycles. The van der Waals surface area contributed by atoms with E-state index in [1.54, 1.807) is 0 Å². The van der Waals surface area contributed by atoms with Gasteiger partial charge in [0.15, 0.2) is 0 Å². The normalized spacial score (nSPS) is 38.5. The molecule has 4 unspecified atom stereocenters. The predicted octanol–water partition coefficient (Wildman–Crippen LogP) is 0.941. The number of ether oxygens (including phenoxy) is 1. The molecule has 2 fully saturated rings. The van der Waals surface area contributed by atoms with Crippen LogP contribution in [-0.2, 0) is 4.74 Å². The van der Waals surface area contributed by atoms with Crippen molar-refractivity contribution in [3.63, 3.8) is 0 Å². The second-order valence-corrected chi connectivity index (χ2v) is 6.18. The van der Waals surface area contributed by atoms with E-state index in [0.717, 1.165) is 25.9 Å². The summed E-state index contributed by atoms with van der Waals surface area (Å²) < 4.78 is 5.52. The highest BCUT2D eigenvalue weighted by atomic mass is 16.5. The fourth-order valence-corrected chi connectivity index (χ4v) is 3.60. The molecule has 4 heteroatoms. The van der Waals surface area contributed by atoms with E-state index in [4.69, 9.17) is 4.74 Å². The molecular weight excluding hydrogens is 228 g/mol. The van der Waals surface area contributed by atoms with Crippen LogP contribution in [0.5, 0.6) is 0 Å². The van der Waals surface area contributed by atoms with Crippen LogP contribution in [0.1, 0.15) is 32.1 Å². The van der Waals surface area contributed by atoms with Gasteiger partial charge in [-0.2, -0.15) is 0 Å². The predicted molar refractivity (Wildman–Crippen MR) is 72.7 cm³/mol. The second kappa shape index (κ2) is 6.33. The Balaban J connectivity index is 1.96. The minimum Gasteiger partial charge on any atom is -0.392 e. The summed E-state index contributed by atoms with van der Waals surface area (Å²) in [7, 11) is 6.05. The Morgan fingerprint density at radius 1 is 1.28 bits per heavy atom. The van der Waals surface area contributed by atoms with E-state index < -0.39 is 0 Å². The van der Waals surface area contributed by atoms with Crippen LogP contribution < -0.4 is 0 Å². The van der Waals surface area contributed by atoms with Crippen molar-refractivity contribution in [2.45, 2.75) is 56.4 Å². The van der Waals surface area contributed by atoms with E-state index in [0.29, 0.717) is 18.2 Å². The number of β-amino-alcohol motifs (C(OH)–C–C–N with tert-alkyl or cyclic N) is 1. The highest BCUT2D eigenvalue weighted by molar-refractivity contribution is 4.93. The van der Waals surface area contributed by atoms with Gasteiger partial charge in [-0.25, -0.2) is 0 Å². The summed E-state index contributed by atoms with van der Waals surface area (Å²) in [5.74, 6) is 0. The van der Waals surface area contributed by atoms with Crippen molar-refractivity contribution >= 4 is 0 Å². The molecule has 1 heterocycles. The van der Waals surface area contributed by atoms with E-state index in [1.807, 2.05) is 7.11 Å². The number of aliphatic hydroxyl groups is 1. The summed E-state index contributed by atoms with van der Waals surface area (Å²) in [6.45, 7) is 1.89. The summed E-state index contributed by atoms with van der Waals surface area (Å²) in [5.41, 5.74) is 0. The maximum atomic E-state index is 9.95. The van der Waals surface area contributed by atoms with Crippen molar-refractivity contribution in [2.24, 2.45) is 0 Å². The zero-order valence-electron chi connectivity index (χ0n) is 12.0. The Kier molecular flexibility index (Phi) is 5.01. The third kappa shape index (κ3) is 3.44. The Hall–Kier alpha value is -0.160. The third-order valence-corrected chi connectivity index (χ3v) is 4.41. The number of methoxy groups -OCH3 is 1. The lowest BCUT2D eigenvalue weighted by Gasteiger charge is -2.38. The molecule has 0 bridgehead atoms. The first kappa shape index (κ1) is 14.3. The average molecular weight is 256 g/mol. The fraction of sp³-hybridized carbons (Fsp3) is 1.00. The van der Waals surface area contributed by atoms with Crippen LogP contribution in [0.3, 0.4) is 0 Å². The van der Waals surface area contributed by atoms with Crippen LogP contribution in [0.25, 0.3) is 0 Å². The molecule has 0 spiro atoms. The first-order valence-corrected chi connectivity index (χ1v) is 7.21. The average Bonchev–Trinajstić information content (AvgIpc) is 2.69. The minimum atomic E-state index is -0.141. The van der Waals surface area contributed by atoms with Gasteiger partial charge < -0.3 is 14.7 Å². The van der Waals surface area contributed by atoms with Gasteiger partial charge in [-0.15, -0.1) is 0 Å². The second-order valence-electron chi connectivity index (χ2n) is 6.18. The van der Waals surface area contributed by atoms with Crippen LogP contribution in [0.2, 0.25) is 0 Å². The molecule has 4 atom stereocenters. The van der Waals surface area contributed by atoms with Crippen molar-refractivity contribution in [1.82, 2.24) is 9.80 Å². The van der Waals surface area contributed by atoms with Crippen molar-refractivity contribution in [3.05, 3.63) is 0 Å². The van der Waals surface area contributed by atoms with Crippen molar-refractivity contribution in [3.8, 4) is 0 Å². The number of rotatable bonds is 4. The Bertz CT molecular complexity index is 260. The highest BCUT2D eigenvalue weighted by Gasteiger charge is 2.37. The van der Waals surface area contributed by atoms with Crippen LogP contribution in [0.15, 0.2) is 0 Å². The molecule has 106 valence electrons. The summed E-state index contributed by atoms with van der Waals surface area (Å²) in [4.78, 5) is 4.77. The summed E-state index contributed by atoms with van der Waals surface area (Å²) in [5, 5.41) is 9.95. The van der Waals surface area contributed by atoms with Crippen molar-refractivity contribution in [2.75, 3.05) is 34.3 Å². The molecule has 1 saturated carbocycles. The fourth-order valence-electron chi connectivity index (χ4n) is 3.60. The maximum absolute atomic E-state index is 9.95. The first-order chi connectivity index (χ1) is 8.60. The molecule has 18 heavy (non-hydrogen) atoms. The lowest BCUT2D eigenvalue weighted by atomic mass is 9.91. The molecule has 0 aromatic rings. The number of nitrogens with zero attached hydrogens (tertiary/aromatic N) is 2. The van der Waals surface area contributed by atoms with E-state index in [9.17, 15) is 5.11 Å². The summed E-state index contributed by atoms with van der Waals surface area (Å²) >= 11 is 0. The maximum Gasteiger partial charge on any atom is 0.0682 e. The van der Waals surface area contributed by atoms with Crippen molar-refractivity contribution in [1.29, 1.82) is 0 Å². The molecule has 1 aliphatic heterocycles. The molecule has 0 amide bonds. The molecule has 0 aromatic heterocycles. The molecular formula is C14H28N2O2. The molecule has 0 radical (unpaired) electrons. The molecule has 4 nitrogen and oxygen atoms in total. The van der Waals surface area contributed by atoms with Gasteiger partial charge in [0.1, 0.15) is 0 Å². The summed E-state index contributed by atoms with van der Waals surface area (Å²) in [6, 6.07) is 1.11. The molecule has 2 rings (SSSR count). The van der Waals surface area contributed by atoms with Gasteiger partial charge in [-0.05, 0) is 46.2 Å². The minimum absolute atomic E-state index is 0.141. The first-order valence-electron chi connectivity index (χ1n) is 7.21. The zero-order valence-corrected chi connectivity index (χ0v) is 12.0. The van der Waals surface area contributed by atoms with E-state index in [1.165, 1.54) is 19.3 Å². The Morgan fingerprint density at radius 3 is 2.72 bits per heavy atom. The van der Waals surface area contributed by atoms with Gasteiger partial charge in [-0.3, -0.25) is 4.90 Å². The molecule has 1 saturated heterocycles. The third-order valence-electron chi connectivity index (χ3n) is 4.41. The Morgan fingerprint density at radius 2 is 2.06 bits per heavy atom. The highest BCUT2D eigenvalue weighted by Crippen LogP contribution is 2.30. The van der Waals surface area contributed by atoms with Gasteiger partial charge in [0.25, 0.3) is 0 Å². The van der Waals surface area contributed by atoms with Crippen molar-refractivity contribution < 1.29 is 9.84 Å². The Labute approximate surface area is 111 Å². The number of aliphatic hydroxyl groups excluding tert-OH is 1. The van der Waals surface area contributed by atoms with E-state index in [2.05, 4.69) is 23.9 Å². The quantitative estimate of drug-likeness (QED) is 0.812. The van der Waals surface area contributed by atoms with Gasteiger partial charge in [0.2, 0.25) is 0 Å². The van der Waals surface area contributed by atoms with E-state index >= 15 is 0 Å². The molecule has 1 N–H and O–H groups in total. The standard InChI is InChI=1S/C14H28N2O2/c1-15(2)9-12-7-13(17)10-16(12)11-5-4-6-14(8-11)18-3/h11-14,17H,4-10H2,1-3H3. The van der Waals surface area contributed by atoms with Crippen LogP contribution in [0.4, 0.5) is 0 Å². The van der Waals surface area contributed by atoms with Gasteiger partial charge >= 0.3 is 0 Å². The van der Waals surface area contributed by atoms with Gasteiger partial charge in [-0.1, -0.05) is 0 Å². The lowest BCUT2D eigenvalue weighted by Crippen LogP contribution is -2.46. The largest absolute Gasteiger partial charge is 0.392 e. The number of likely N-dealkylation sites (N-methyl/N-ethyl adjacent to an activating group) is 1. The monoisotopic (exact) mass is 256 g/mol. The van der Waals surface area contributed by atoms with Crippen LogP contribution >= 0.6 is 0 Å². The number of hydrogen-bond donors (Lipinski definition) is 1. The molecule has 0 aromatic carbocycles. The summed E-state index contributed by atoms with van der Waals surface area (Å²) in [6.07, 6.45) is 6.04.